The van der Waals surface area contributed by atoms with Gasteiger partial charge in [-0.2, -0.15) is 0 Å². The summed E-state index contributed by atoms with van der Waals surface area (Å²) in [6, 6.07) is 0. The Kier molecular flexibility index (Phi) is 53.4. The minimum Gasteiger partial charge on any atom is -0.462 e. The van der Waals surface area contributed by atoms with E-state index in [9.17, 15) is 14.4 Å². The van der Waals surface area contributed by atoms with Crippen LogP contribution >= 0.6 is 0 Å². The largest absolute Gasteiger partial charge is 0.462 e. The number of hydrogen-bond acceptors (Lipinski definition) is 6. The Morgan fingerprint density at radius 3 is 0.912 bits per heavy atom. The molecular weight excluding hydrogens is 841 g/mol. The van der Waals surface area contributed by atoms with Crippen LogP contribution in [-0.2, 0) is 28.6 Å². The van der Waals surface area contributed by atoms with E-state index in [4.69, 9.17) is 14.2 Å². The summed E-state index contributed by atoms with van der Waals surface area (Å²) in [5, 5.41) is 0. The Morgan fingerprint density at radius 2 is 0.574 bits per heavy atom. The van der Waals surface area contributed by atoms with E-state index in [-0.39, 0.29) is 31.1 Å². The highest BCUT2D eigenvalue weighted by molar-refractivity contribution is 5.71. The van der Waals surface area contributed by atoms with Gasteiger partial charge in [-0.3, -0.25) is 14.4 Å². The van der Waals surface area contributed by atoms with E-state index < -0.39 is 6.10 Å². The molecule has 0 radical (unpaired) electrons. The Bertz CT molecular complexity index is 1320. The van der Waals surface area contributed by atoms with Gasteiger partial charge in [0.1, 0.15) is 13.2 Å². The SMILES string of the molecule is CC/C=C\C/C=C\C/C=C\C/C=C\C/C=C\C/C=C\CCCCCCC(=O)OCC(COC(=O)CCCCCCCCCCCC)OC(=O)CCCCCCCCC/C=C\CCCCCCCC. The third-order valence-corrected chi connectivity index (χ3v) is 12.1. The predicted octanol–water partition coefficient (Wildman–Crippen LogP) is 19.2. The average Bonchev–Trinajstić information content (AvgIpc) is 3.34. The first-order valence-electron chi connectivity index (χ1n) is 28.6. The van der Waals surface area contributed by atoms with Crippen molar-refractivity contribution < 1.29 is 28.6 Å². The number of allylic oxidation sites excluding steroid dienone is 14. The summed E-state index contributed by atoms with van der Waals surface area (Å²) < 4.78 is 16.8. The molecule has 0 rings (SSSR count). The highest BCUT2D eigenvalue weighted by Gasteiger charge is 2.19. The number of carbonyl (C=O) groups excluding carboxylic acids is 3. The monoisotopic (exact) mass is 947 g/mol. The molecule has 6 nitrogen and oxygen atoms in total. The second-order valence-electron chi connectivity index (χ2n) is 18.8. The van der Waals surface area contributed by atoms with Crippen LogP contribution in [0.4, 0.5) is 0 Å². The molecule has 0 heterocycles. The molecule has 0 fully saturated rings. The maximum absolute atomic E-state index is 12.8. The lowest BCUT2D eigenvalue weighted by atomic mass is 10.1. The minimum atomic E-state index is -0.788. The van der Waals surface area contributed by atoms with Crippen molar-refractivity contribution in [2.45, 2.75) is 277 Å². The lowest BCUT2D eigenvalue weighted by Gasteiger charge is -2.18. The molecule has 0 saturated heterocycles. The summed E-state index contributed by atoms with van der Waals surface area (Å²) >= 11 is 0. The molecule has 6 heteroatoms. The van der Waals surface area contributed by atoms with Gasteiger partial charge in [0.15, 0.2) is 6.10 Å². The van der Waals surface area contributed by atoms with Crippen LogP contribution in [0.2, 0.25) is 0 Å². The van der Waals surface area contributed by atoms with Crippen LogP contribution in [0.3, 0.4) is 0 Å². The van der Waals surface area contributed by atoms with Crippen LogP contribution in [0, 0.1) is 0 Å². The minimum absolute atomic E-state index is 0.0849. The van der Waals surface area contributed by atoms with Crippen LogP contribution in [0.25, 0.3) is 0 Å². The predicted molar refractivity (Wildman–Crippen MR) is 293 cm³/mol. The molecule has 0 aromatic carbocycles. The van der Waals surface area contributed by atoms with Gasteiger partial charge in [0.05, 0.1) is 0 Å². The van der Waals surface area contributed by atoms with E-state index in [0.29, 0.717) is 19.3 Å². The second kappa shape index (κ2) is 56.2. The summed E-state index contributed by atoms with van der Waals surface area (Å²) in [5.74, 6) is -0.912. The van der Waals surface area contributed by atoms with Crippen molar-refractivity contribution in [2.24, 2.45) is 0 Å². The van der Waals surface area contributed by atoms with Crippen molar-refractivity contribution in [2.75, 3.05) is 13.2 Å². The first-order chi connectivity index (χ1) is 33.5. The van der Waals surface area contributed by atoms with E-state index in [1.807, 2.05) is 0 Å². The fourth-order valence-electron chi connectivity index (χ4n) is 7.85. The molecule has 390 valence electrons. The van der Waals surface area contributed by atoms with Gasteiger partial charge in [-0.1, -0.05) is 241 Å². The summed E-state index contributed by atoms with van der Waals surface area (Å²) in [6.45, 7) is 6.49. The Balaban J connectivity index is 4.36. The molecule has 0 aromatic rings. The Morgan fingerprint density at radius 1 is 0.309 bits per heavy atom. The number of ether oxygens (including phenoxy) is 3. The average molecular weight is 948 g/mol. The maximum atomic E-state index is 12.8. The fourth-order valence-corrected chi connectivity index (χ4v) is 7.85. The molecule has 0 bridgehead atoms. The number of hydrogen-bond donors (Lipinski definition) is 0. The van der Waals surface area contributed by atoms with E-state index in [0.717, 1.165) is 109 Å². The molecule has 0 aliphatic heterocycles. The zero-order valence-electron chi connectivity index (χ0n) is 44.6. The van der Waals surface area contributed by atoms with Crippen molar-refractivity contribution in [3.8, 4) is 0 Å². The zero-order chi connectivity index (χ0) is 49.3. The van der Waals surface area contributed by atoms with E-state index in [1.54, 1.807) is 0 Å². The molecule has 68 heavy (non-hydrogen) atoms. The van der Waals surface area contributed by atoms with Crippen LogP contribution in [-0.4, -0.2) is 37.2 Å². The zero-order valence-corrected chi connectivity index (χ0v) is 44.6. The van der Waals surface area contributed by atoms with Crippen molar-refractivity contribution >= 4 is 17.9 Å². The summed E-state index contributed by atoms with van der Waals surface area (Å²) in [7, 11) is 0. The van der Waals surface area contributed by atoms with E-state index >= 15 is 0 Å². The fraction of sp³-hybridized carbons (Fsp3) is 0.726. The molecule has 0 saturated carbocycles. The number of carbonyl (C=O) groups is 3. The molecule has 0 aliphatic carbocycles. The lowest BCUT2D eigenvalue weighted by molar-refractivity contribution is -0.167. The number of rotatable bonds is 51. The van der Waals surface area contributed by atoms with Gasteiger partial charge in [-0.15, -0.1) is 0 Å². The van der Waals surface area contributed by atoms with E-state index in [2.05, 4.69) is 106 Å². The topological polar surface area (TPSA) is 78.9 Å². The molecule has 0 aliphatic rings. The van der Waals surface area contributed by atoms with Gasteiger partial charge in [-0.05, 0) is 96.3 Å². The molecule has 0 aromatic heterocycles. The molecular formula is C62H106O6. The van der Waals surface area contributed by atoms with Crippen molar-refractivity contribution in [3.05, 3.63) is 85.1 Å². The van der Waals surface area contributed by atoms with Gasteiger partial charge >= 0.3 is 17.9 Å². The highest BCUT2D eigenvalue weighted by Crippen LogP contribution is 2.15. The van der Waals surface area contributed by atoms with E-state index in [1.165, 1.54) is 122 Å². The normalized spacial score (nSPS) is 12.7. The second-order valence-corrected chi connectivity index (χ2v) is 18.8. The van der Waals surface area contributed by atoms with Gasteiger partial charge in [0.25, 0.3) is 0 Å². The quantitative estimate of drug-likeness (QED) is 0.0262. The summed E-state index contributed by atoms with van der Waals surface area (Å²) in [4.78, 5) is 38.1. The first-order valence-corrected chi connectivity index (χ1v) is 28.6. The number of esters is 3. The maximum Gasteiger partial charge on any atom is 0.306 e. The molecule has 1 unspecified atom stereocenters. The third kappa shape index (κ3) is 53.5. The van der Waals surface area contributed by atoms with Crippen molar-refractivity contribution in [1.29, 1.82) is 0 Å². The van der Waals surface area contributed by atoms with Crippen LogP contribution in [0.15, 0.2) is 85.1 Å². The summed E-state index contributed by atoms with van der Waals surface area (Å²) in [5.41, 5.74) is 0. The third-order valence-electron chi connectivity index (χ3n) is 12.1. The molecule has 1 atom stereocenters. The highest BCUT2D eigenvalue weighted by atomic mass is 16.6. The lowest BCUT2D eigenvalue weighted by Crippen LogP contribution is -2.30. The molecule has 0 N–H and O–H groups in total. The number of unbranched alkanes of at least 4 members (excludes halogenated alkanes) is 26. The molecule has 0 amide bonds. The van der Waals surface area contributed by atoms with Crippen molar-refractivity contribution in [1.82, 2.24) is 0 Å². The molecule has 0 spiro atoms. The van der Waals surface area contributed by atoms with Gasteiger partial charge in [0, 0.05) is 19.3 Å². The van der Waals surface area contributed by atoms with Gasteiger partial charge in [-0.25, -0.2) is 0 Å². The van der Waals surface area contributed by atoms with Crippen LogP contribution in [0.1, 0.15) is 271 Å². The Labute approximate surface area is 420 Å². The van der Waals surface area contributed by atoms with Crippen LogP contribution in [0.5, 0.6) is 0 Å². The first kappa shape index (κ1) is 64.6. The smallest absolute Gasteiger partial charge is 0.306 e. The summed E-state index contributed by atoms with van der Waals surface area (Å²) in [6.07, 6.45) is 72.9. The van der Waals surface area contributed by atoms with Crippen molar-refractivity contribution in [3.63, 3.8) is 0 Å². The van der Waals surface area contributed by atoms with Gasteiger partial charge in [0.2, 0.25) is 0 Å². The Hall–Kier alpha value is -3.41. The van der Waals surface area contributed by atoms with Crippen LogP contribution < -0.4 is 0 Å². The van der Waals surface area contributed by atoms with Gasteiger partial charge < -0.3 is 14.2 Å². The standard InChI is InChI=1S/C62H106O6/c1-4-7-10-13-16-19-22-24-26-28-29-30-31-32-33-35-36-38-40-43-46-49-52-55-61(64)67-58-59(57-66-60(63)54-51-48-45-42-21-18-15-12-9-6-3)68-62(65)56-53-50-47-44-41-39-37-34-27-25-23-20-17-14-11-8-5-2/h7,10,16,19,24-27,29-30,32-33,36,38,59H,4-6,8-9,11-15,17-18,20-23,28,31,34-35,37,39-58H2,1-3H3/b10-7-,19-16-,26-24-,27-25-,30-29-,33-32-,38-36-.